The third kappa shape index (κ3) is 5.60. The second kappa shape index (κ2) is 10.3. The molecule has 1 aromatic heterocycles. The van der Waals surface area contributed by atoms with Gasteiger partial charge in [-0.3, -0.25) is 4.99 Å². The third-order valence-corrected chi connectivity index (χ3v) is 4.39. The maximum atomic E-state index is 5.35. The van der Waals surface area contributed by atoms with Crippen molar-refractivity contribution in [1.82, 2.24) is 15.8 Å². The Bertz CT molecular complexity index is 937. The van der Waals surface area contributed by atoms with E-state index < -0.39 is 0 Å². The molecule has 1 heterocycles. The molecule has 0 radical (unpaired) electrons. The fourth-order valence-corrected chi connectivity index (χ4v) is 2.77. The Balaban J connectivity index is 0.00000280. The van der Waals surface area contributed by atoms with Crippen molar-refractivity contribution in [2.75, 3.05) is 14.2 Å². The largest absolute Gasteiger partial charge is 0.497 e. The van der Waals surface area contributed by atoms with Crippen LogP contribution in [0.15, 0.2) is 52.0 Å². The molecule has 0 aliphatic rings. The highest BCUT2D eigenvalue weighted by Crippen LogP contribution is 2.21. The normalized spacial score (nSPS) is 11.4. The van der Waals surface area contributed by atoms with Gasteiger partial charge in [0.1, 0.15) is 5.75 Å². The third-order valence-electron chi connectivity index (χ3n) is 4.39. The van der Waals surface area contributed by atoms with E-state index in [9.17, 15) is 0 Å². The van der Waals surface area contributed by atoms with Gasteiger partial charge in [-0.25, -0.2) is 0 Å². The molecule has 0 bridgehead atoms. The number of aromatic nitrogens is 1. The molecule has 0 atom stereocenters. The number of hydrogen-bond acceptors (Lipinski definition) is 4. The maximum absolute atomic E-state index is 5.35. The number of rotatable bonds is 6. The van der Waals surface area contributed by atoms with Gasteiger partial charge in [0, 0.05) is 19.7 Å². The molecule has 0 saturated carbocycles. The van der Waals surface area contributed by atoms with Crippen LogP contribution in [0.3, 0.4) is 0 Å². The monoisotopic (exact) mass is 494 g/mol. The van der Waals surface area contributed by atoms with Crippen molar-refractivity contribution in [3.05, 3.63) is 59.5 Å². The predicted octanol–water partition coefficient (Wildman–Crippen LogP) is 4.44. The number of ether oxygens (including phenoxy) is 1. The number of guanidine groups is 1. The number of hydrogen-bond donors (Lipinski definition) is 2. The lowest BCUT2D eigenvalue weighted by molar-refractivity contribution is 0.372. The van der Waals surface area contributed by atoms with Crippen molar-refractivity contribution in [2.24, 2.45) is 4.99 Å². The summed E-state index contributed by atoms with van der Waals surface area (Å²) in [5, 5.41) is 13.0. The van der Waals surface area contributed by atoms with Gasteiger partial charge in [0.2, 0.25) is 0 Å². The number of aliphatic imine (C=N–C) groups is 1. The van der Waals surface area contributed by atoms with Crippen LogP contribution < -0.4 is 15.4 Å². The molecule has 6 nitrogen and oxygen atoms in total. The van der Waals surface area contributed by atoms with Crippen LogP contribution in [0.4, 0.5) is 0 Å². The Morgan fingerprint density at radius 3 is 2.46 bits per heavy atom. The van der Waals surface area contributed by atoms with E-state index in [-0.39, 0.29) is 24.0 Å². The van der Waals surface area contributed by atoms with Gasteiger partial charge < -0.3 is 19.9 Å². The van der Waals surface area contributed by atoms with Gasteiger partial charge in [-0.15, -0.1) is 24.0 Å². The van der Waals surface area contributed by atoms with E-state index in [0.717, 1.165) is 22.6 Å². The highest BCUT2D eigenvalue weighted by molar-refractivity contribution is 14.0. The van der Waals surface area contributed by atoms with E-state index in [2.05, 4.69) is 58.9 Å². The molecule has 0 aliphatic heterocycles. The quantitative estimate of drug-likeness (QED) is 0.301. The number of halogens is 1. The average molecular weight is 494 g/mol. The average Bonchev–Trinajstić information content (AvgIpc) is 3.17. The maximum Gasteiger partial charge on any atom is 0.191 e. The van der Waals surface area contributed by atoms with E-state index in [4.69, 9.17) is 9.26 Å². The summed E-state index contributed by atoms with van der Waals surface area (Å²) in [6.45, 7) is 5.40. The molecule has 3 aromatic rings. The fraction of sp³-hybridized carbons (Fsp3) is 0.333. The van der Waals surface area contributed by atoms with Crippen molar-refractivity contribution in [3.8, 4) is 5.75 Å². The van der Waals surface area contributed by atoms with Crippen molar-refractivity contribution in [3.63, 3.8) is 0 Å². The first-order valence-electron chi connectivity index (χ1n) is 9.05. The molecule has 0 spiro atoms. The molecule has 0 saturated heterocycles. The van der Waals surface area contributed by atoms with Gasteiger partial charge >= 0.3 is 0 Å². The molecule has 2 aromatic carbocycles. The zero-order valence-electron chi connectivity index (χ0n) is 16.7. The highest BCUT2D eigenvalue weighted by Gasteiger charge is 2.08. The summed E-state index contributed by atoms with van der Waals surface area (Å²) in [4.78, 5) is 4.26. The van der Waals surface area contributed by atoms with E-state index >= 15 is 0 Å². The Labute approximate surface area is 182 Å². The first kappa shape index (κ1) is 22.0. The van der Waals surface area contributed by atoms with Gasteiger partial charge in [0.15, 0.2) is 11.7 Å². The van der Waals surface area contributed by atoms with Crippen LogP contribution in [0.2, 0.25) is 0 Å². The molecule has 150 valence electrons. The molecule has 0 amide bonds. The van der Waals surface area contributed by atoms with E-state index in [1.165, 1.54) is 10.9 Å². The molecule has 0 fully saturated rings. The molecule has 3 rings (SSSR count). The van der Waals surface area contributed by atoms with Crippen LogP contribution in [0.5, 0.6) is 5.75 Å². The highest BCUT2D eigenvalue weighted by atomic mass is 127. The Morgan fingerprint density at radius 1 is 1.07 bits per heavy atom. The van der Waals surface area contributed by atoms with Gasteiger partial charge in [0.05, 0.1) is 19.3 Å². The van der Waals surface area contributed by atoms with Crippen molar-refractivity contribution in [1.29, 1.82) is 0 Å². The van der Waals surface area contributed by atoms with Crippen molar-refractivity contribution >= 4 is 40.7 Å². The first-order chi connectivity index (χ1) is 13.1. The summed E-state index contributed by atoms with van der Waals surface area (Å²) in [7, 11) is 3.43. The summed E-state index contributed by atoms with van der Waals surface area (Å²) in [5.41, 5.74) is 2.14. The predicted molar refractivity (Wildman–Crippen MR) is 124 cm³/mol. The molecule has 0 unspecified atom stereocenters. The van der Waals surface area contributed by atoms with Crippen LogP contribution in [-0.4, -0.2) is 25.3 Å². The standard InChI is InChI=1S/C21H26N4O2.HI/c1-14(2)20-11-19(27-25-20)13-24-21(22-3)23-12-15-5-6-17-10-18(26-4)8-7-16(17)9-15;/h5-11,14H,12-13H2,1-4H3,(H2,22,23,24);1H. The van der Waals surface area contributed by atoms with Crippen molar-refractivity contribution < 1.29 is 9.26 Å². The second-order valence-electron chi connectivity index (χ2n) is 6.70. The molecule has 2 N–H and O–H groups in total. The fourth-order valence-electron chi connectivity index (χ4n) is 2.77. The van der Waals surface area contributed by atoms with Gasteiger partial charge in [0.25, 0.3) is 0 Å². The number of benzene rings is 2. The van der Waals surface area contributed by atoms with Crippen molar-refractivity contribution in [2.45, 2.75) is 32.9 Å². The summed E-state index contributed by atoms with van der Waals surface area (Å²) in [6.07, 6.45) is 0. The first-order valence-corrected chi connectivity index (χ1v) is 9.05. The van der Waals surface area contributed by atoms with Gasteiger partial charge in [-0.2, -0.15) is 0 Å². The van der Waals surface area contributed by atoms with E-state index in [0.29, 0.717) is 25.0 Å². The minimum absolute atomic E-state index is 0. The molecular formula is C21H27IN4O2. The number of methoxy groups -OCH3 is 1. The SMILES string of the molecule is CN=C(NCc1ccc2cc(OC)ccc2c1)NCc1cc(C(C)C)no1.I. The number of nitrogens with one attached hydrogen (secondary N) is 2. The summed E-state index contributed by atoms with van der Waals surface area (Å²) in [6, 6.07) is 14.4. The molecular weight excluding hydrogens is 467 g/mol. The Morgan fingerprint density at radius 2 is 1.79 bits per heavy atom. The van der Waals surface area contributed by atoms with Gasteiger partial charge in [-0.05, 0) is 40.5 Å². The lowest BCUT2D eigenvalue weighted by atomic mass is 10.1. The summed E-state index contributed by atoms with van der Waals surface area (Å²) < 4.78 is 10.6. The molecule has 0 aliphatic carbocycles. The van der Waals surface area contributed by atoms with Crippen LogP contribution >= 0.6 is 24.0 Å². The van der Waals surface area contributed by atoms with Crippen LogP contribution in [0, 0.1) is 0 Å². The van der Waals surface area contributed by atoms with Crippen LogP contribution in [0.25, 0.3) is 10.8 Å². The van der Waals surface area contributed by atoms with Crippen LogP contribution in [0.1, 0.15) is 36.8 Å². The zero-order chi connectivity index (χ0) is 19.2. The molecule has 28 heavy (non-hydrogen) atoms. The minimum Gasteiger partial charge on any atom is -0.497 e. The van der Waals surface area contributed by atoms with E-state index in [1.807, 2.05) is 18.2 Å². The smallest absolute Gasteiger partial charge is 0.191 e. The lowest BCUT2D eigenvalue weighted by Crippen LogP contribution is -2.36. The van der Waals surface area contributed by atoms with Gasteiger partial charge in [-0.1, -0.05) is 37.2 Å². The summed E-state index contributed by atoms with van der Waals surface area (Å²) >= 11 is 0. The molecule has 7 heteroatoms. The topological polar surface area (TPSA) is 71.7 Å². The Kier molecular flexibility index (Phi) is 8.10. The lowest BCUT2D eigenvalue weighted by Gasteiger charge is -2.11. The number of nitrogens with zero attached hydrogens (tertiary/aromatic N) is 2. The Hall–Kier alpha value is -2.29. The summed E-state index contributed by atoms with van der Waals surface area (Å²) in [5.74, 6) is 2.73. The number of fused-ring (bicyclic) bond motifs is 1. The second-order valence-corrected chi connectivity index (χ2v) is 6.70. The zero-order valence-corrected chi connectivity index (χ0v) is 19.0. The minimum atomic E-state index is 0. The van der Waals surface area contributed by atoms with E-state index in [1.54, 1.807) is 14.2 Å². The van der Waals surface area contributed by atoms with Crippen LogP contribution in [-0.2, 0) is 13.1 Å².